The summed E-state index contributed by atoms with van der Waals surface area (Å²) in [6.07, 6.45) is 0. The molecule has 2 aromatic heterocycles. The topological polar surface area (TPSA) is 25.8 Å². The van der Waals surface area contributed by atoms with Crippen molar-refractivity contribution in [3.05, 3.63) is 181 Å². The number of hydrogen-bond donors (Lipinski definition) is 0. The lowest BCUT2D eigenvalue weighted by molar-refractivity contribution is 0.663. The van der Waals surface area contributed by atoms with Crippen LogP contribution in [0.4, 0.5) is 0 Å². The largest absolute Gasteiger partial charge is 0.228 e. The van der Waals surface area contributed by atoms with Crippen molar-refractivity contribution < 1.29 is 0 Å². The van der Waals surface area contributed by atoms with E-state index >= 15 is 0 Å². The van der Waals surface area contributed by atoms with E-state index in [0.717, 1.165) is 33.9 Å². The Morgan fingerprint density at radius 3 is 1.80 bits per heavy atom. The first-order valence-electron chi connectivity index (χ1n) is 18.6. The van der Waals surface area contributed by atoms with Gasteiger partial charge in [0, 0.05) is 42.3 Å². The minimum atomic E-state index is -0.162. The summed E-state index contributed by atoms with van der Waals surface area (Å²) in [7, 11) is 0. The second kappa shape index (κ2) is 11.8. The van der Waals surface area contributed by atoms with E-state index in [9.17, 15) is 0 Å². The van der Waals surface area contributed by atoms with Gasteiger partial charge in [-0.3, -0.25) is 0 Å². The van der Waals surface area contributed by atoms with Gasteiger partial charge >= 0.3 is 0 Å². The molecule has 0 N–H and O–H groups in total. The highest BCUT2D eigenvalue weighted by atomic mass is 32.1. The summed E-state index contributed by atoms with van der Waals surface area (Å²) in [6, 6.07) is 61.6. The monoisotopic (exact) mass is 706 g/mol. The highest BCUT2D eigenvalue weighted by Crippen LogP contribution is 2.54. The quantitative estimate of drug-likeness (QED) is 0.182. The fourth-order valence-corrected chi connectivity index (χ4v) is 10.2. The summed E-state index contributed by atoms with van der Waals surface area (Å²) in [5.41, 5.74) is 12.9. The van der Waals surface area contributed by atoms with Crippen molar-refractivity contribution in [2.75, 3.05) is 0 Å². The molecule has 0 fully saturated rings. The molecule has 254 valence electrons. The van der Waals surface area contributed by atoms with Crippen LogP contribution in [0.2, 0.25) is 0 Å². The van der Waals surface area contributed by atoms with Crippen LogP contribution in [-0.2, 0) is 5.41 Å². The Labute approximate surface area is 318 Å². The van der Waals surface area contributed by atoms with Crippen molar-refractivity contribution >= 4 is 53.1 Å². The predicted molar refractivity (Wildman–Crippen MR) is 229 cm³/mol. The third-order valence-corrected chi connectivity index (χ3v) is 12.7. The van der Waals surface area contributed by atoms with E-state index in [0.29, 0.717) is 0 Å². The van der Waals surface area contributed by atoms with E-state index in [1.807, 2.05) is 17.4 Å². The van der Waals surface area contributed by atoms with Crippen LogP contribution in [0.5, 0.6) is 0 Å². The molecule has 2 nitrogen and oxygen atoms in total. The first-order valence-corrected chi connectivity index (χ1v) is 19.4. The summed E-state index contributed by atoms with van der Waals surface area (Å²) in [5.74, 6) is 0.724. The first kappa shape index (κ1) is 31.1. The third-order valence-electron chi connectivity index (χ3n) is 11.5. The molecule has 11 rings (SSSR count). The van der Waals surface area contributed by atoms with Crippen LogP contribution in [0.1, 0.15) is 25.0 Å². The van der Waals surface area contributed by atoms with Crippen LogP contribution < -0.4 is 0 Å². The zero-order valence-electron chi connectivity index (χ0n) is 30.0. The lowest BCUT2D eigenvalue weighted by Crippen LogP contribution is -2.16. The number of benzene rings is 8. The Morgan fingerprint density at radius 1 is 0.426 bits per heavy atom. The van der Waals surface area contributed by atoms with Crippen molar-refractivity contribution in [1.82, 2.24) is 9.97 Å². The second-order valence-corrected chi connectivity index (χ2v) is 16.0. The van der Waals surface area contributed by atoms with Gasteiger partial charge in [0.1, 0.15) is 0 Å². The zero-order chi connectivity index (χ0) is 36.0. The smallest absolute Gasteiger partial charge is 0.160 e. The van der Waals surface area contributed by atoms with Crippen LogP contribution >= 0.6 is 11.3 Å². The van der Waals surface area contributed by atoms with E-state index in [1.165, 1.54) is 75.1 Å². The molecule has 1 aliphatic rings. The molecule has 0 unspecified atom stereocenters. The van der Waals surface area contributed by atoms with Crippen LogP contribution in [-0.4, -0.2) is 9.97 Å². The Balaban J connectivity index is 1.12. The molecule has 0 spiro atoms. The number of thiophene rings is 1. The number of aromatic nitrogens is 2. The van der Waals surface area contributed by atoms with Gasteiger partial charge in [-0.05, 0) is 79.2 Å². The minimum absolute atomic E-state index is 0.162. The average Bonchev–Trinajstić information content (AvgIpc) is 3.71. The van der Waals surface area contributed by atoms with Gasteiger partial charge in [-0.15, -0.1) is 11.3 Å². The Bertz CT molecular complexity index is 3130. The molecule has 0 radical (unpaired) electrons. The van der Waals surface area contributed by atoms with E-state index in [2.05, 4.69) is 178 Å². The standard InChI is InChI=1S/C51H34N2S/c1-51(2)44-29-33-17-7-6-16-32(33)28-43(44)40-22-12-21-39(48(40)51)36-26-27-37(35-19-9-8-18-34(35)36)45-30-46(53-50(52-45)31-14-4-3-5-15-31)42-24-13-23-41-38-20-10-11-25-47(38)54-49(41)42/h3-30H,1-2H3. The summed E-state index contributed by atoms with van der Waals surface area (Å²) in [6.45, 7) is 4.77. The van der Waals surface area contributed by atoms with Crippen molar-refractivity contribution in [3.63, 3.8) is 0 Å². The molecular formula is C51H34N2S. The Hall–Kier alpha value is -6.42. The molecule has 0 aliphatic heterocycles. The van der Waals surface area contributed by atoms with Crippen LogP contribution in [0, 0.1) is 0 Å². The maximum absolute atomic E-state index is 5.30. The SMILES string of the molecule is CC1(C)c2cc3ccccc3cc2-c2cccc(-c3ccc(-c4cc(-c5cccc6c5sc5ccccc56)nc(-c5ccccc5)n4)c4ccccc34)c21. The van der Waals surface area contributed by atoms with Crippen molar-refractivity contribution in [2.45, 2.75) is 19.3 Å². The molecule has 0 saturated carbocycles. The molecule has 0 saturated heterocycles. The highest BCUT2D eigenvalue weighted by molar-refractivity contribution is 7.26. The predicted octanol–water partition coefficient (Wildman–Crippen LogP) is 14.1. The van der Waals surface area contributed by atoms with Gasteiger partial charge in [-0.2, -0.15) is 0 Å². The summed E-state index contributed by atoms with van der Waals surface area (Å²) in [5, 5.41) is 7.51. The van der Waals surface area contributed by atoms with Gasteiger partial charge in [0.15, 0.2) is 5.82 Å². The zero-order valence-corrected chi connectivity index (χ0v) is 30.8. The van der Waals surface area contributed by atoms with Crippen LogP contribution in [0.3, 0.4) is 0 Å². The molecule has 0 atom stereocenters. The second-order valence-electron chi connectivity index (χ2n) is 14.9. The maximum atomic E-state index is 5.30. The number of nitrogens with zero attached hydrogens (tertiary/aromatic N) is 2. The molecule has 2 heterocycles. The molecule has 0 amide bonds. The maximum Gasteiger partial charge on any atom is 0.160 e. The van der Waals surface area contributed by atoms with E-state index in [4.69, 9.17) is 9.97 Å². The third kappa shape index (κ3) is 4.65. The van der Waals surface area contributed by atoms with Gasteiger partial charge in [0.25, 0.3) is 0 Å². The van der Waals surface area contributed by atoms with Gasteiger partial charge < -0.3 is 0 Å². The molecular weight excluding hydrogens is 673 g/mol. The summed E-state index contributed by atoms with van der Waals surface area (Å²) in [4.78, 5) is 10.6. The van der Waals surface area contributed by atoms with E-state index in [-0.39, 0.29) is 5.41 Å². The number of hydrogen-bond acceptors (Lipinski definition) is 3. The van der Waals surface area contributed by atoms with Crippen LogP contribution in [0.25, 0.3) is 97.9 Å². The fourth-order valence-electron chi connectivity index (χ4n) is 8.94. The molecule has 54 heavy (non-hydrogen) atoms. The Morgan fingerprint density at radius 2 is 1.00 bits per heavy atom. The van der Waals surface area contributed by atoms with Gasteiger partial charge in [-0.25, -0.2) is 9.97 Å². The van der Waals surface area contributed by atoms with Crippen LogP contribution in [0.15, 0.2) is 170 Å². The number of rotatable bonds is 4. The van der Waals surface area contributed by atoms with Crippen molar-refractivity contribution in [2.24, 2.45) is 0 Å². The van der Waals surface area contributed by atoms with Crippen molar-refractivity contribution in [1.29, 1.82) is 0 Å². The molecule has 0 bridgehead atoms. The summed E-state index contributed by atoms with van der Waals surface area (Å²) < 4.78 is 2.53. The van der Waals surface area contributed by atoms with Gasteiger partial charge in [-0.1, -0.05) is 159 Å². The van der Waals surface area contributed by atoms with E-state index < -0.39 is 0 Å². The lowest BCUT2D eigenvalue weighted by Gasteiger charge is -2.25. The molecule has 10 aromatic rings. The van der Waals surface area contributed by atoms with Gasteiger partial charge in [0.05, 0.1) is 11.4 Å². The number of fused-ring (bicyclic) bond motifs is 8. The summed E-state index contributed by atoms with van der Waals surface area (Å²) >= 11 is 1.83. The minimum Gasteiger partial charge on any atom is -0.228 e. The van der Waals surface area contributed by atoms with Crippen molar-refractivity contribution in [3.8, 4) is 56.2 Å². The molecule has 3 heteroatoms. The average molecular weight is 707 g/mol. The lowest BCUT2D eigenvalue weighted by atomic mass is 9.78. The highest BCUT2D eigenvalue weighted by Gasteiger charge is 2.38. The molecule has 8 aromatic carbocycles. The normalized spacial score (nSPS) is 13.1. The van der Waals surface area contributed by atoms with Gasteiger partial charge in [0.2, 0.25) is 0 Å². The first-order chi connectivity index (χ1) is 26.5. The fraction of sp³-hybridized carbons (Fsp3) is 0.0588. The Kier molecular flexibility index (Phi) is 6.80. The van der Waals surface area contributed by atoms with E-state index in [1.54, 1.807) is 0 Å². The molecule has 1 aliphatic carbocycles.